The average Bonchev–Trinajstić information content (AvgIpc) is 2.32. The van der Waals surface area contributed by atoms with Crippen LogP contribution < -0.4 is 0 Å². The van der Waals surface area contributed by atoms with E-state index >= 15 is 0 Å². The lowest BCUT2D eigenvalue weighted by molar-refractivity contribution is 0.784. The molecule has 68 valence electrons. The predicted octanol–water partition coefficient (Wildman–Crippen LogP) is 3.74. The van der Waals surface area contributed by atoms with Gasteiger partial charge >= 0.3 is 0 Å². The summed E-state index contributed by atoms with van der Waals surface area (Å²) in [6, 6.07) is 0. The largest absolute Gasteiger partial charge is 0.109 e. The van der Waals surface area contributed by atoms with Gasteiger partial charge in [-0.1, -0.05) is 51.5 Å². The van der Waals surface area contributed by atoms with Crippen molar-refractivity contribution in [2.45, 2.75) is 44.9 Å². The van der Waals surface area contributed by atoms with Crippen molar-refractivity contribution >= 4 is 8.58 Å². The van der Waals surface area contributed by atoms with Crippen LogP contribution in [0.4, 0.5) is 0 Å². The molecule has 1 rings (SSSR count). The van der Waals surface area contributed by atoms with E-state index in [0.29, 0.717) is 5.16 Å². The molecular formula is C11H19P. The zero-order valence-corrected chi connectivity index (χ0v) is 9.52. The van der Waals surface area contributed by atoms with Gasteiger partial charge in [0.25, 0.3) is 0 Å². The van der Waals surface area contributed by atoms with E-state index in [1.165, 1.54) is 6.42 Å². The normalized spacial score (nSPS) is 20.5. The Labute approximate surface area is 77.9 Å². The summed E-state index contributed by atoms with van der Waals surface area (Å²) in [6.45, 7) is 9.32. The molecule has 0 bridgehead atoms. The molecular weight excluding hydrogens is 163 g/mol. The Morgan fingerprint density at radius 1 is 1.42 bits per heavy atom. The maximum absolute atomic E-state index is 2.35. The molecule has 1 heteroatoms. The third kappa shape index (κ3) is 3.11. The summed E-state index contributed by atoms with van der Waals surface area (Å²) in [5.74, 6) is 0. The summed E-state index contributed by atoms with van der Waals surface area (Å²) in [6.07, 6.45) is 7.89. The number of hydrogen-bond donors (Lipinski definition) is 0. The minimum absolute atomic E-state index is 0.489. The van der Waals surface area contributed by atoms with Gasteiger partial charge in [-0.05, 0) is 17.2 Å². The Balaban J connectivity index is 2.44. The van der Waals surface area contributed by atoms with Crippen molar-refractivity contribution in [2.24, 2.45) is 0 Å². The van der Waals surface area contributed by atoms with Crippen LogP contribution in [-0.4, -0.2) is 10.8 Å². The second-order valence-corrected chi connectivity index (χ2v) is 7.14. The lowest BCUT2D eigenvalue weighted by Crippen LogP contribution is -2.11. The van der Waals surface area contributed by atoms with E-state index in [0.717, 1.165) is 14.2 Å². The van der Waals surface area contributed by atoms with Crippen LogP contribution in [-0.2, 0) is 0 Å². The van der Waals surface area contributed by atoms with Crippen LogP contribution in [0.25, 0.3) is 0 Å². The Bertz CT molecular complexity index is 206. The van der Waals surface area contributed by atoms with Gasteiger partial charge in [-0.25, -0.2) is 0 Å². The molecule has 0 amide bonds. The second kappa shape index (κ2) is 3.75. The van der Waals surface area contributed by atoms with E-state index in [9.17, 15) is 0 Å². The molecule has 0 aliphatic heterocycles. The molecule has 1 aliphatic rings. The van der Waals surface area contributed by atoms with Crippen LogP contribution in [0.2, 0.25) is 0 Å². The number of rotatable bonds is 2. The van der Waals surface area contributed by atoms with Gasteiger partial charge in [0, 0.05) is 0 Å². The average molecular weight is 182 g/mol. The highest BCUT2D eigenvalue weighted by Gasteiger charge is 2.17. The van der Waals surface area contributed by atoms with E-state index in [1.54, 1.807) is 5.57 Å². The van der Waals surface area contributed by atoms with Crippen molar-refractivity contribution in [1.82, 2.24) is 0 Å². The molecule has 0 spiro atoms. The van der Waals surface area contributed by atoms with E-state index in [1.807, 2.05) is 0 Å². The Kier molecular flexibility index (Phi) is 3.12. The van der Waals surface area contributed by atoms with Gasteiger partial charge in [0.1, 0.15) is 0 Å². The third-order valence-electron chi connectivity index (χ3n) is 2.01. The molecule has 0 saturated heterocycles. The summed E-state index contributed by atoms with van der Waals surface area (Å²) < 4.78 is 0. The summed E-state index contributed by atoms with van der Waals surface area (Å²) in [5, 5.41) is 0.489. The topological polar surface area (TPSA) is 0 Å². The van der Waals surface area contributed by atoms with Crippen LogP contribution in [0, 0.1) is 0 Å². The molecule has 0 nitrogen and oxygen atoms in total. The quantitative estimate of drug-likeness (QED) is 0.571. The van der Waals surface area contributed by atoms with Gasteiger partial charge in [-0.3, -0.25) is 0 Å². The molecule has 12 heavy (non-hydrogen) atoms. The van der Waals surface area contributed by atoms with Gasteiger partial charge in [-0.15, -0.1) is 8.58 Å². The highest BCUT2D eigenvalue weighted by atomic mass is 31.1. The first-order valence-corrected chi connectivity index (χ1v) is 5.70. The van der Waals surface area contributed by atoms with Gasteiger partial charge in [0.05, 0.1) is 0 Å². The third-order valence-corrected chi connectivity index (χ3v) is 3.68. The lowest BCUT2D eigenvalue weighted by Gasteiger charge is -2.24. The predicted molar refractivity (Wildman–Crippen MR) is 59.4 cm³/mol. The first-order chi connectivity index (χ1) is 5.49. The Morgan fingerprint density at radius 2 is 2.08 bits per heavy atom. The van der Waals surface area contributed by atoms with Crippen molar-refractivity contribution in [2.75, 3.05) is 0 Å². The summed E-state index contributed by atoms with van der Waals surface area (Å²) in [5.41, 5.74) is 2.39. The molecule has 0 aromatic rings. The Hall–Kier alpha value is -0.0900. The first-order valence-electron chi connectivity index (χ1n) is 4.62. The van der Waals surface area contributed by atoms with Crippen molar-refractivity contribution in [3.63, 3.8) is 0 Å². The monoisotopic (exact) mass is 182 g/mol. The summed E-state index contributed by atoms with van der Waals surface area (Å²) in [4.78, 5) is 0. The van der Waals surface area contributed by atoms with Crippen molar-refractivity contribution < 1.29 is 0 Å². The van der Waals surface area contributed by atoms with Crippen molar-refractivity contribution in [3.05, 3.63) is 23.8 Å². The molecule has 0 N–H and O–H groups in total. The second-order valence-electron chi connectivity index (χ2n) is 4.49. The highest BCUT2D eigenvalue weighted by molar-refractivity contribution is 7.41. The van der Waals surface area contributed by atoms with Gasteiger partial charge < -0.3 is 0 Å². The van der Waals surface area contributed by atoms with Gasteiger partial charge in [0.2, 0.25) is 0 Å². The highest BCUT2D eigenvalue weighted by Crippen LogP contribution is 2.39. The molecule has 0 heterocycles. The van der Waals surface area contributed by atoms with E-state index in [-0.39, 0.29) is 0 Å². The fourth-order valence-corrected chi connectivity index (χ4v) is 3.23. The lowest BCUT2D eigenvalue weighted by atomic mass is 10.2. The van der Waals surface area contributed by atoms with E-state index in [2.05, 4.69) is 45.9 Å². The van der Waals surface area contributed by atoms with Crippen molar-refractivity contribution in [1.29, 1.82) is 0 Å². The standard InChI is InChI=1S/C11H19P/c1-9(12-11(2,3)4)10-7-5-6-8-10/h5-7,9,12H,8H2,1-4H3/t9-/m1/s1. The minimum Gasteiger partial charge on any atom is -0.109 e. The first kappa shape index (κ1) is 9.99. The maximum Gasteiger partial charge on any atom is -0.00444 e. The summed E-state index contributed by atoms with van der Waals surface area (Å²) in [7, 11) is 1.04. The van der Waals surface area contributed by atoms with Crippen LogP contribution in [0.3, 0.4) is 0 Å². The Morgan fingerprint density at radius 3 is 2.50 bits per heavy atom. The van der Waals surface area contributed by atoms with E-state index < -0.39 is 0 Å². The SMILES string of the molecule is C[C@@H](PC(C)(C)C)C1=CC=CC1. The van der Waals surface area contributed by atoms with E-state index in [4.69, 9.17) is 0 Å². The number of allylic oxidation sites excluding steroid dienone is 4. The zero-order chi connectivity index (χ0) is 9.19. The van der Waals surface area contributed by atoms with Gasteiger partial charge in [0.15, 0.2) is 0 Å². The van der Waals surface area contributed by atoms with Crippen LogP contribution in [0.5, 0.6) is 0 Å². The van der Waals surface area contributed by atoms with Gasteiger partial charge in [-0.2, -0.15) is 0 Å². The van der Waals surface area contributed by atoms with Crippen LogP contribution >= 0.6 is 8.58 Å². The molecule has 1 unspecified atom stereocenters. The molecule has 2 atom stereocenters. The minimum atomic E-state index is 0.489. The fourth-order valence-electron chi connectivity index (χ4n) is 1.53. The van der Waals surface area contributed by atoms with Crippen molar-refractivity contribution in [3.8, 4) is 0 Å². The summed E-state index contributed by atoms with van der Waals surface area (Å²) >= 11 is 0. The molecule has 0 aromatic carbocycles. The molecule has 0 saturated carbocycles. The fraction of sp³-hybridized carbons (Fsp3) is 0.636. The smallest absolute Gasteiger partial charge is 0.00444 e. The van der Waals surface area contributed by atoms with Crippen LogP contribution in [0.15, 0.2) is 23.8 Å². The molecule has 0 fully saturated rings. The molecule has 1 aliphatic carbocycles. The zero-order valence-electron chi connectivity index (χ0n) is 8.52. The molecule has 0 aromatic heterocycles. The maximum atomic E-state index is 2.35. The van der Waals surface area contributed by atoms with Crippen LogP contribution in [0.1, 0.15) is 34.1 Å². The molecule has 0 radical (unpaired) electrons. The number of hydrogen-bond acceptors (Lipinski definition) is 0.